The number of benzene rings is 1. The molecule has 0 bridgehead atoms. The fourth-order valence-electron chi connectivity index (χ4n) is 2.27. The third-order valence-corrected chi connectivity index (χ3v) is 3.35. The van der Waals surface area contributed by atoms with Gasteiger partial charge < -0.3 is 10.1 Å². The third-order valence-electron chi connectivity index (χ3n) is 3.35. The standard InChI is InChI=1S/C14H20FNO/c1-3-17-14-8-13(9-14)16-10(2)11-4-6-12(15)7-5-11/h4-7,10,13-14,16H,3,8-9H2,1-2H3/t10-,13?,14?/m1/s1. The van der Waals surface area contributed by atoms with Crippen LogP contribution in [0.4, 0.5) is 4.39 Å². The molecule has 1 aliphatic rings. The van der Waals surface area contributed by atoms with Gasteiger partial charge in [0.2, 0.25) is 0 Å². The quantitative estimate of drug-likeness (QED) is 0.850. The van der Waals surface area contributed by atoms with Gasteiger partial charge in [-0.25, -0.2) is 4.39 Å². The van der Waals surface area contributed by atoms with Crippen molar-refractivity contribution in [1.29, 1.82) is 0 Å². The summed E-state index contributed by atoms with van der Waals surface area (Å²) in [7, 11) is 0. The second kappa shape index (κ2) is 5.61. The molecule has 94 valence electrons. The highest BCUT2D eigenvalue weighted by molar-refractivity contribution is 5.19. The summed E-state index contributed by atoms with van der Waals surface area (Å²) in [5.74, 6) is -0.180. The van der Waals surface area contributed by atoms with Crippen molar-refractivity contribution in [1.82, 2.24) is 5.32 Å². The predicted octanol–water partition coefficient (Wildman–Crippen LogP) is 3.04. The topological polar surface area (TPSA) is 21.3 Å². The maximum absolute atomic E-state index is 12.8. The predicted molar refractivity (Wildman–Crippen MR) is 66.4 cm³/mol. The summed E-state index contributed by atoms with van der Waals surface area (Å²) in [5, 5.41) is 3.54. The minimum absolute atomic E-state index is 0.180. The monoisotopic (exact) mass is 237 g/mol. The number of halogens is 1. The van der Waals surface area contributed by atoms with Crippen molar-refractivity contribution in [3.63, 3.8) is 0 Å². The van der Waals surface area contributed by atoms with Crippen LogP contribution in [0.3, 0.4) is 0 Å². The molecule has 0 spiro atoms. The molecular weight excluding hydrogens is 217 g/mol. The fourth-order valence-corrected chi connectivity index (χ4v) is 2.27. The van der Waals surface area contributed by atoms with Gasteiger partial charge in [0.05, 0.1) is 6.10 Å². The molecule has 0 saturated heterocycles. The van der Waals surface area contributed by atoms with Crippen LogP contribution in [0.1, 0.15) is 38.3 Å². The van der Waals surface area contributed by atoms with E-state index < -0.39 is 0 Å². The third kappa shape index (κ3) is 3.27. The first-order valence-corrected chi connectivity index (χ1v) is 6.32. The van der Waals surface area contributed by atoms with Gasteiger partial charge in [0.25, 0.3) is 0 Å². The zero-order valence-corrected chi connectivity index (χ0v) is 10.4. The first-order chi connectivity index (χ1) is 8.19. The maximum Gasteiger partial charge on any atom is 0.123 e. The maximum atomic E-state index is 12.8. The largest absolute Gasteiger partial charge is 0.378 e. The Morgan fingerprint density at radius 2 is 2.00 bits per heavy atom. The molecule has 1 fully saturated rings. The Morgan fingerprint density at radius 3 is 2.59 bits per heavy atom. The summed E-state index contributed by atoms with van der Waals surface area (Å²) in [6.07, 6.45) is 2.59. The Balaban J connectivity index is 1.78. The Morgan fingerprint density at radius 1 is 1.35 bits per heavy atom. The van der Waals surface area contributed by atoms with Crippen molar-refractivity contribution in [3.05, 3.63) is 35.6 Å². The average molecular weight is 237 g/mol. The zero-order valence-electron chi connectivity index (χ0n) is 10.4. The molecule has 0 amide bonds. The molecule has 1 saturated carbocycles. The van der Waals surface area contributed by atoms with E-state index in [9.17, 15) is 4.39 Å². The molecule has 2 rings (SSSR count). The summed E-state index contributed by atoms with van der Waals surface area (Å²) >= 11 is 0. The van der Waals surface area contributed by atoms with Crippen LogP contribution in [0.5, 0.6) is 0 Å². The number of nitrogens with one attached hydrogen (secondary N) is 1. The van der Waals surface area contributed by atoms with Crippen LogP contribution in [0.2, 0.25) is 0 Å². The van der Waals surface area contributed by atoms with Crippen LogP contribution in [-0.2, 0) is 4.74 Å². The highest BCUT2D eigenvalue weighted by Crippen LogP contribution is 2.26. The van der Waals surface area contributed by atoms with E-state index in [0.29, 0.717) is 12.1 Å². The molecule has 1 aromatic rings. The van der Waals surface area contributed by atoms with Gasteiger partial charge >= 0.3 is 0 Å². The van der Waals surface area contributed by atoms with Gasteiger partial charge in [0, 0.05) is 18.7 Å². The molecule has 1 aromatic carbocycles. The van der Waals surface area contributed by atoms with Gasteiger partial charge in [-0.05, 0) is 44.4 Å². The van der Waals surface area contributed by atoms with E-state index in [1.54, 1.807) is 0 Å². The molecule has 17 heavy (non-hydrogen) atoms. The van der Waals surface area contributed by atoms with Crippen LogP contribution in [-0.4, -0.2) is 18.8 Å². The number of ether oxygens (including phenoxy) is 1. The number of hydrogen-bond acceptors (Lipinski definition) is 2. The molecule has 2 nitrogen and oxygen atoms in total. The number of rotatable bonds is 5. The van der Waals surface area contributed by atoms with Gasteiger partial charge in [-0.2, -0.15) is 0 Å². The van der Waals surface area contributed by atoms with E-state index in [2.05, 4.69) is 12.2 Å². The van der Waals surface area contributed by atoms with Gasteiger partial charge in [0.1, 0.15) is 5.82 Å². The smallest absolute Gasteiger partial charge is 0.123 e. The zero-order chi connectivity index (χ0) is 12.3. The van der Waals surface area contributed by atoms with Crippen LogP contribution in [0.15, 0.2) is 24.3 Å². The minimum atomic E-state index is -0.180. The molecule has 0 aliphatic heterocycles. The number of hydrogen-bond donors (Lipinski definition) is 1. The lowest BCUT2D eigenvalue weighted by atomic mass is 9.88. The van der Waals surface area contributed by atoms with Gasteiger partial charge in [-0.3, -0.25) is 0 Å². The van der Waals surface area contributed by atoms with Crippen LogP contribution < -0.4 is 5.32 Å². The second-order valence-electron chi connectivity index (χ2n) is 4.69. The fraction of sp³-hybridized carbons (Fsp3) is 0.571. The summed E-state index contributed by atoms with van der Waals surface area (Å²) in [6, 6.07) is 7.50. The molecule has 3 heteroatoms. The lowest BCUT2D eigenvalue weighted by molar-refractivity contribution is -0.0120. The SMILES string of the molecule is CCOC1CC(N[C@H](C)c2ccc(F)cc2)C1. The van der Waals surface area contributed by atoms with Crippen molar-refractivity contribution >= 4 is 0 Å². The molecule has 0 radical (unpaired) electrons. The summed E-state index contributed by atoms with van der Waals surface area (Å²) < 4.78 is 18.3. The van der Waals surface area contributed by atoms with Crippen LogP contribution in [0.25, 0.3) is 0 Å². The summed E-state index contributed by atoms with van der Waals surface area (Å²) in [6.45, 7) is 4.94. The molecule has 0 heterocycles. The second-order valence-corrected chi connectivity index (χ2v) is 4.69. The Bertz CT molecular complexity index is 346. The van der Waals surface area contributed by atoms with Gasteiger partial charge in [0.15, 0.2) is 0 Å². The van der Waals surface area contributed by atoms with E-state index in [4.69, 9.17) is 4.74 Å². The minimum Gasteiger partial charge on any atom is -0.378 e. The van der Waals surface area contributed by atoms with E-state index in [1.807, 2.05) is 19.1 Å². The average Bonchev–Trinajstić information content (AvgIpc) is 2.27. The van der Waals surface area contributed by atoms with Crippen LogP contribution in [0, 0.1) is 5.82 Å². The lowest BCUT2D eigenvalue weighted by Crippen LogP contribution is -2.46. The van der Waals surface area contributed by atoms with E-state index in [-0.39, 0.29) is 11.9 Å². The molecule has 1 atom stereocenters. The van der Waals surface area contributed by atoms with Crippen molar-refractivity contribution in [2.45, 2.75) is 44.9 Å². The van der Waals surface area contributed by atoms with Crippen molar-refractivity contribution < 1.29 is 9.13 Å². The van der Waals surface area contributed by atoms with Crippen molar-refractivity contribution in [2.75, 3.05) is 6.61 Å². The molecule has 1 N–H and O–H groups in total. The Kier molecular flexibility index (Phi) is 4.13. The Hall–Kier alpha value is -0.930. The Labute approximate surface area is 102 Å². The van der Waals surface area contributed by atoms with Crippen LogP contribution >= 0.6 is 0 Å². The highest BCUT2D eigenvalue weighted by Gasteiger charge is 2.30. The van der Waals surface area contributed by atoms with Crippen molar-refractivity contribution in [3.8, 4) is 0 Å². The summed E-state index contributed by atoms with van der Waals surface area (Å²) in [5.41, 5.74) is 1.13. The van der Waals surface area contributed by atoms with E-state index in [1.165, 1.54) is 12.1 Å². The highest BCUT2D eigenvalue weighted by atomic mass is 19.1. The van der Waals surface area contributed by atoms with Crippen molar-refractivity contribution in [2.24, 2.45) is 0 Å². The normalized spacial score (nSPS) is 25.4. The molecule has 1 aliphatic carbocycles. The van der Waals surface area contributed by atoms with Gasteiger partial charge in [-0.1, -0.05) is 12.1 Å². The van der Waals surface area contributed by atoms with E-state index >= 15 is 0 Å². The molecule has 0 aromatic heterocycles. The van der Waals surface area contributed by atoms with E-state index in [0.717, 1.165) is 25.0 Å². The lowest BCUT2D eigenvalue weighted by Gasteiger charge is -2.37. The first kappa shape index (κ1) is 12.5. The van der Waals surface area contributed by atoms with Gasteiger partial charge in [-0.15, -0.1) is 0 Å². The summed E-state index contributed by atoms with van der Waals surface area (Å²) in [4.78, 5) is 0. The first-order valence-electron chi connectivity index (χ1n) is 6.32. The molecular formula is C14H20FNO. The molecule has 0 unspecified atom stereocenters.